The van der Waals surface area contributed by atoms with Crippen molar-refractivity contribution < 1.29 is 0 Å². The van der Waals surface area contributed by atoms with Crippen LogP contribution in [0.5, 0.6) is 0 Å². The summed E-state index contributed by atoms with van der Waals surface area (Å²) < 4.78 is 2.39. The van der Waals surface area contributed by atoms with Gasteiger partial charge in [-0.15, -0.1) is 0 Å². The Morgan fingerprint density at radius 1 is 0.320 bits per heavy atom. The molecule has 2 nitrogen and oxygen atoms in total. The molecular weight excluding hydrogens is 605 g/mol. The maximum Gasteiger partial charge on any atom is 0.0541 e. The molecule has 0 aliphatic rings. The molecule has 1 heterocycles. The molecular formula is C48H34N2. The Morgan fingerprint density at radius 2 is 0.780 bits per heavy atom. The summed E-state index contributed by atoms with van der Waals surface area (Å²) in [7, 11) is 0. The summed E-state index contributed by atoms with van der Waals surface area (Å²) in [5, 5.41) is 2.51. The highest BCUT2D eigenvalue weighted by Gasteiger charge is 2.21. The molecule has 236 valence electrons. The summed E-state index contributed by atoms with van der Waals surface area (Å²) >= 11 is 0. The summed E-state index contributed by atoms with van der Waals surface area (Å²) in [4.78, 5) is 2.40. The highest BCUT2D eigenvalue weighted by molar-refractivity contribution is 6.09. The molecule has 0 saturated heterocycles. The van der Waals surface area contributed by atoms with Gasteiger partial charge in [-0.25, -0.2) is 0 Å². The van der Waals surface area contributed by atoms with Crippen molar-refractivity contribution in [3.8, 4) is 39.1 Å². The lowest BCUT2D eigenvalue weighted by atomic mass is 9.88. The molecule has 8 aromatic carbocycles. The Hall–Kier alpha value is -6.64. The first-order valence-corrected chi connectivity index (χ1v) is 17.1. The van der Waals surface area contributed by atoms with Gasteiger partial charge in [0.25, 0.3) is 0 Å². The van der Waals surface area contributed by atoms with Crippen LogP contribution in [0.15, 0.2) is 206 Å². The fourth-order valence-electron chi connectivity index (χ4n) is 7.41. The van der Waals surface area contributed by atoms with Crippen LogP contribution >= 0.6 is 0 Å². The van der Waals surface area contributed by atoms with Crippen LogP contribution in [0.2, 0.25) is 0 Å². The third-order valence-corrected chi connectivity index (χ3v) is 9.60. The van der Waals surface area contributed by atoms with Crippen LogP contribution in [-0.4, -0.2) is 4.57 Å². The minimum atomic E-state index is 1.09. The number of para-hydroxylation sites is 4. The molecule has 2 heteroatoms. The minimum absolute atomic E-state index is 1.09. The lowest BCUT2D eigenvalue weighted by Gasteiger charge is -2.29. The average molecular weight is 639 g/mol. The molecule has 0 saturated carbocycles. The molecule has 0 fully saturated rings. The number of aromatic nitrogens is 1. The predicted octanol–water partition coefficient (Wildman–Crippen LogP) is 13.3. The fourth-order valence-corrected chi connectivity index (χ4v) is 7.41. The first-order chi connectivity index (χ1) is 24.8. The highest BCUT2D eigenvalue weighted by Crippen LogP contribution is 2.45. The van der Waals surface area contributed by atoms with Gasteiger partial charge < -0.3 is 9.47 Å². The van der Waals surface area contributed by atoms with Crippen LogP contribution in [-0.2, 0) is 0 Å². The normalized spacial score (nSPS) is 11.2. The predicted molar refractivity (Wildman–Crippen MR) is 212 cm³/mol. The van der Waals surface area contributed by atoms with E-state index >= 15 is 0 Å². The van der Waals surface area contributed by atoms with Gasteiger partial charge in [-0.1, -0.05) is 158 Å². The summed E-state index contributed by atoms with van der Waals surface area (Å²) in [6.07, 6.45) is 0. The van der Waals surface area contributed by atoms with Crippen LogP contribution in [0.1, 0.15) is 0 Å². The zero-order valence-electron chi connectivity index (χ0n) is 27.5. The van der Waals surface area contributed by atoms with E-state index in [0.29, 0.717) is 0 Å². The Balaban J connectivity index is 1.25. The molecule has 50 heavy (non-hydrogen) atoms. The van der Waals surface area contributed by atoms with Gasteiger partial charge in [-0.3, -0.25) is 0 Å². The van der Waals surface area contributed by atoms with Gasteiger partial charge in [0.05, 0.1) is 16.7 Å². The van der Waals surface area contributed by atoms with Gasteiger partial charge in [0.15, 0.2) is 0 Å². The van der Waals surface area contributed by atoms with Gasteiger partial charge in [-0.05, 0) is 76.3 Å². The van der Waals surface area contributed by atoms with E-state index in [1.807, 2.05) is 0 Å². The van der Waals surface area contributed by atoms with Crippen molar-refractivity contribution in [2.45, 2.75) is 0 Å². The molecule has 0 radical (unpaired) electrons. The maximum atomic E-state index is 2.40. The summed E-state index contributed by atoms with van der Waals surface area (Å²) in [5.41, 5.74) is 14.0. The van der Waals surface area contributed by atoms with Crippen molar-refractivity contribution in [1.82, 2.24) is 4.57 Å². The number of hydrogen-bond acceptors (Lipinski definition) is 1. The number of fused-ring (bicyclic) bond motifs is 3. The molecule has 1 aromatic heterocycles. The summed E-state index contributed by atoms with van der Waals surface area (Å²) in [6, 6.07) is 74.0. The second kappa shape index (κ2) is 12.8. The smallest absolute Gasteiger partial charge is 0.0541 e. The number of benzene rings is 8. The van der Waals surface area contributed by atoms with Crippen LogP contribution in [0.25, 0.3) is 60.9 Å². The second-order valence-electron chi connectivity index (χ2n) is 12.5. The van der Waals surface area contributed by atoms with E-state index in [1.165, 1.54) is 49.6 Å². The van der Waals surface area contributed by atoms with Crippen LogP contribution in [0.3, 0.4) is 0 Å². The van der Waals surface area contributed by atoms with Crippen LogP contribution < -0.4 is 4.90 Å². The molecule has 0 bridgehead atoms. The molecule has 0 aliphatic heterocycles. The standard InChI is InChI=1S/C48H34N2/c1-3-18-35(19-4-1)39-24-7-8-25-40(39)41-26-9-10-27-42(41)43-28-11-14-31-46(43)49(36-20-5-2-6-21-36)37-22-17-23-38(34-37)50-47-32-15-12-29-44(47)45-30-13-16-33-48(45)50/h1-34H. The van der Waals surface area contributed by atoms with Crippen molar-refractivity contribution in [3.05, 3.63) is 206 Å². The average Bonchev–Trinajstić information content (AvgIpc) is 3.54. The lowest BCUT2D eigenvalue weighted by molar-refractivity contribution is 1.17. The SMILES string of the molecule is c1ccc(-c2ccccc2-c2ccccc2-c2ccccc2N(c2ccccc2)c2cccc(-n3c4ccccc4c4ccccc43)c2)cc1. The van der Waals surface area contributed by atoms with Crippen molar-refractivity contribution in [2.75, 3.05) is 4.90 Å². The van der Waals surface area contributed by atoms with Crippen molar-refractivity contribution in [1.29, 1.82) is 0 Å². The van der Waals surface area contributed by atoms with Gasteiger partial charge in [0.1, 0.15) is 0 Å². The first-order valence-electron chi connectivity index (χ1n) is 17.1. The molecule has 0 spiro atoms. The molecule has 0 aliphatic carbocycles. The van der Waals surface area contributed by atoms with E-state index in [1.54, 1.807) is 0 Å². The van der Waals surface area contributed by atoms with Gasteiger partial charge in [0.2, 0.25) is 0 Å². The Morgan fingerprint density at radius 3 is 1.44 bits per heavy atom. The van der Waals surface area contributed by atoms with Crippen molar-refractivity contribution >= 4 is 38.9 Å². The van der Waals surface area contributed by atoms with E-state index < -0.39 is 0 Å². The molecule has 9 aromatic rings. The van der Waals surface area contributed by atoms with Crippen molar-refractivity contribution in [2.24, 2.45) is 0 Å². The van der Waals surface area contributed by atoms with E-state index in [2.05, 4.69) is 216 Å². The van der Waals surface area contributed by atoms with Gasteiger partial charge in [-0.2, -0.15) is 0 Å². The lowest BCUT2D eigenvalue weighted by Crippen LogP contribution is -2.12. The van der Waals surface area contributed by atoms with E-state index in [0.717, 1.165) is 28.3 Å². The third kappa shape index (κ3) is 5.15. The van der Waals surface area contributed by atoms with Crippen LogP contribution in [0.4, 0.5) is 17.1 Å². The summed E-state index contributed by atoms with van der Waals surface area (Å²) in [6.45, 7) is 0. The fraction of sp³-hybridized carbons (Fsp3) is 0. The second-order valence-corrected chi connectivity index (χ2v) is 12.5. The molecule has 0 N–H and O–H groups in total. The summed E-state index contributed by atoms with van der Waals surface area (Å²) in [5.74, 6) is 0. The molecule has 0 atom stereocenters. The molecule has 9 rings (SSSR count). The first kappa shape index (κ1) is 29.5. The quantitative estimate of drug-likeness (QED) is 0.169. The molecule has 0 unspecified atom stereocenters. The van der Waals surface area contributed by atoms with Crippen LogP contribution in [0, 0.1) is 0 Å². The Bertz CT molecular complexity index is 2550. The topological polar surface area (TPSA) is 8.17 Å². The zero-order chi connectivity index (χ0) is 33.3. The van der Waals surface area contributed by atoms with Gasteiger partial charge >= 0.3 is 0 Å². The highest BCUT2D eigenvalue weighted by atomic mass is 15.1. The Kier molecular flexibility index (Phi) is 7.53. The monoisotopic (exact) mass is 638 g/mol. The number of anilines is 3. The Labute approximate surface area is 292 Å². The third-order valence-electron chi connectivity index (χ3n) is 9.60. The van der Waals surface area contributed by atoms with E-state index in [4.69, 9.17) is 0 Å². The van der Waals surface area contributed by atoms with E-state index in [-0.39, 0.29) is 0 Å². The van der Waals surface area contributed by atoms with E-state index in [9.17, 15) is 0 Å². The number of hydrogen-bond donors (Lipinski definition) is 0. The number of rotatable bonds is 7. The number of nitrogens with zero attached hydrogens (tertiary/aromatic N) is 2. The molecule has 0 amide bonds. The largest absolute Gasteiger partial charge is 0.310 e. The van der Waals surface area contributed by atoms with Gasteiger partial charge in [0, 0.05) is 33.4 Å². The zero-order valence-corrected chi connectivity index (χ0v) is 27.5. The minimum Gasteiger partial charge on any atom is -0.310 e. The maximum absolute atomic E-state index is 2.40. The van der Waals surface area contributed by atoms with Crippen molar-refractivity contribution in [3.63, 3.8) is 0 Å².